The molecule has 0 aromatic rings. The minimum atomic E-state index is 0.127. The van der Waals surface area contributed by atoms with Crippen molar-refractivity contribution in [3.8, 4) is 0 Å². The van der Waals surface area contributed by atoms with Crippen LogP contribution in [0.2, 0.25) is 0 Å². The van der Waals surface area contributed by atoms with Gasteiger partial charge in [0.15, 0.2) is 0 Å². The van der Waals surface area contributed by atoms with E-state index in [1.54, 1.807) is 0 Å². The normalized spacial score (nSPS) is 10.7. The molecule has 1 radical (unpaired) electrons. The Kier molecular flexibility index (Phi) is 6.06. The van der Waals surface area contributed by atoms with Crippen LogP contribution >= 0.6 is 0 Å². The molecule has 0 bridgehead atoms. The Morgan fingerprint density at radius 3 is 1.78 bits per heavy atom. The molecule has 0 fully saturated rings. The number of hydrogen-bond donors (Lipinski definition) is 0. The van der Waals surface area contributed by atoms with Crippen molar-refractivity contribution in [2.45, 2.75) is 39.5 Å². The van der Waals surface area contributed by atoms with Gasteiger partial charge in [0, 0.05) is 0 Å². The summed E-state index contributed by atoms with van der Waals surface area (Å²) in [6.07, 6.45) is 4.56. The zero-order valence-corrected chi connectivity index (χ0v) is 6.52. The smallest absolute Gasteiger partial charge is 0.0850 e. The molecule has 0 atom stereocenters. The predicted octanol–water partition coefficient (Wildman–Crippen LogP) is 2.63. The summed E-state index contributed by atoms with van der Waals surface area (Å²) in [5.74, 6) is 0.458. The van der Waals surface area contributed by atoms with Gasteiger partial charge in [-0.2, -0.15) is 0 Å². The van der Waals surface area contributed by atoms with Crippen LogP contribution in [0.5, 0.6) is 0 Å². The monoisotopic (exact) mass is 129 g/mol. The fourth-order valence-corrected chi connectivity index (χ4v) is 1.13. The third kappa shape index (κ3) is 4.46. The first-order valence-electron chi connectivity index (χ1n) is 3.93. The Labute approximate surface area is 58.1 Å². The average Bonchev–Trinajstić information content (AvgIpc) is 1.88. The van der Waals surface area contributed by atoms with E-state index in [9.17, 15) is 5.11 Å². The lowest BCUT2D eigenvalue weighted by Gasteiger charge is -2.08. The van der Waals surface area contributed by atoms with Gasteiger partial charge < -0.3 is 0 Å². The largest absolute Gasteiger partial charge is 0.236 e. The van der Waals surface area contributed by atoms with Gasteiger partial charge in [-0.25, -0.2) is 5.11 Å². The highest BCUT2D eigenvalue weighted by atomic mass is 16.3. The van der Waals surface area contributed by atoms with Gasteiger partial charge in [-0.3, -0.25) is 0 Å². The Morgan fingerprint density at radius 2 is 1.56 bits per heavy atom. The lowest BCUT2D eigenvalue weighted by molar-refractivity contribution is 0.133. The first kappa shape index (κ1) is 8.96. The van der Waals surface area contributed by atoms with Gasteiger partial charge in [-0.15, -0.1) is 0 Å². The van der Waals surface area contributed by atoms with E-state index in [4.69, 9.17) is 0 Å². The molecule has 0 aliphatic carbocycles. The van der Waals surface area contributed by atoms with Crippen molar-refractivity contribution in [3.63, 3.8) is 0 Å². The Hall–Kier alpha value is -0.0400. The third-order valence-corrected chi connectivity index (χ3v) is 1.63. The lowest BCUT2D eigenvalue weighted by Crippen LogP contribution is -2.03. The number of hydrogen-bond acceptors (Lipinski definition) is 0. The van der Waals surface area contributed by atoms with Crippen molar-refractivity contribution < 1.29 is 5.11 Å². The molecule has 1 nitrogen and oxygen atoms in total. The standard InChI is InChI=1S/C8H17O/c1-3-5-8(7-9)6-4-2/h8H,3-7H2,1-2H3. The van der Waals surface area contributed by atoms with Crippen LogP contribution in [0.4, 0.5) is 0 Å². The zero-order chi connectivity index (χ0) is 7.11. The molecular formula is C8H17O. The molecule has 0 aliphatic heterocycles. The van der Waals surface area contributed by atoms with Crippen LogP contribution in [0.3, 0.4) is 0 Å². The molecule has 0 N–H and O–H groups in total. The SMILES string of the molecule is CCCC(C[O])CCC. The van der Waals surface area contributed by atoms with Crippen LogP contribution in [-0.2, 0) is 5.11 Å². The van der Waals surface area contributed by atoms with Gasteiger partial charge in [0.2, 0.25) is 0 Å². The summed E-state index contributed by atoms with van der Waals surface area (Å²) in [7, 11) is 0. The van der Waals surface area contributed by atoms with Crippen molar-refractivity contribution in [2.75, 3.05) is 6.61 Å². The topological polar surface area (TPSA) is 19.9 Å². The summed E-state index contributed by atoms with van der Waals surface area (Å²) < 4.78 is 0. The van der Waals surface area contributed by atoms with E-state index in [-0.39, 0.29) is 6.61 Å². The third-order valence-electron chi connectivity index (χ3n) is 1.63. The van der Waals surface area contributed by atoms with E-state index < -0.39 is 0 Å². The molecular weight excluding hydrogens is 112 g/mol. The summed E-state index contributed by atoms with van der Waals surface area (Å²) in [6.45, 7) is 4.40. The van der Waals surface area contributed by atoms with E-state index >= 15 is 0 Å². The quantitative estimate of drug-likeness (QED) is 0.544. The van der Waals surface area contributed by atoms with Crippen LogP contribution in [-0.4, -0.2) is 6.61 Å². The fraction of sp³-hybridized carbons (Fsp3) is 1.00. The molecule has 0 heterocycles. The summed E-state index contributed by atoms with van der Waals surface area (Å²) in [5.41, 5.74) is 0. The Morgan fingerprint density at radius 1 is 1.11 bits per heavy atom. The second-order valence-corrected chi connectivity index (χ2v) is 2.61. The van der Waals surface area contributed by atoms with Crippen LogP contribution in [0.15, 0.2) is 0 Å². The van der Waals surface area contributed by atoms with Crippen LogP contribution in [0.1, 0.15) is 39.5 Å². The van der Waals surface area contributed by atoms with Crippen molar-refractivity contribution in [1.29, 1.82) is 0 Å². The Bertz CT molecular complexity index is 46.5. The van der Waals surface area contributed by atoms with Gasteiger partial charge in [-0.05, 0) is 18.8 Å². The second kappa shape index (κ2) is 6.09. The minimum Gasteiger partial charge on any atom is -0.236 e. The van der Waals surface area contributed by atoms with E-state index in [0.29, 0.717) is 5.92 Å². The average molecular weight is 129 g/mol. The highest BCUT2D eigenvalue weighted by Gasteiger charge is 2.03. The molecule has 0 unspecified atom stereocenters. The molecule has 0 spiro atoms. The molecule has 0 saturated heterocycles. The minimum absolute atomic E-state index is 0.127. The summed E-state index contributed by atoms with van der Waals surface area (Å²) in [6, 6.07) is 0. The van der Waals surface area contributed by atoms with Gasteiger partial charge >= 0.3 is 0 Å². The van der Waals surface area contributed by atoms with E-state index in [0.717, 1.165) is 25.7 Å². The van der Waals surface area contributed by atoms with Crippen molar-refractivity contribution in [3.05, 3.63) is 0 Å². The first-order valence-corrected chi connectivity index (χ1v) is 3.93. The molecule has 0 rings (SSSR count). The zero-order valence-electron chi connectivity index (χ0n) is 6.52. The van der Waals surface area contributed by atoms with Crippen LogP contribution < -0.4 is 0 Å². The maximum Gasteiger partial charge on any atom is 0.0850 e. The van der Waals surface area contributed by atoms with E-state index in [1.165, 1.54) is 0 Å². The molecule has 0 aromatic carbocycles. The first-order chi connectivity index (χ1) is 4.35. The highest BCUT2D eigenvalue weighted by molar-refractivity contribution is 4.54. The van der Waals surface area contributed by atoms with Gasteiger partial charge in [-0.1, -0.05) is 26.7 Å². The second-order valence-electron chi connectivity index (χ2n) is 2.61. The number of rotatable bonds is 5. The maximum atomic E-state index is 10.4. The fourth-order valence-electron chi connectivity index (χ4n) is 1.13. The van der Waals surface area contributed by atoms with Gasteiger partial charge in [0.1, 0.15) is 0 Å². The summed E-state index contributed by atoms with van der Waals surface area (Å²) in [5, 5.41) is 10.4. The highest BCUT2D eigenvalue weighted by Crippen LogP contribution is 2.11. The van der Waals surface area contributed by atoms with Crippen molar-refractivity contribution >= 4 is 0 Å². The van der Waals surface area contributed by atoms with Gasteiger partial charge in [0.25, 0.3) is 0 Å². The maximum absolute atomic E-state index is 10.4. The summed E-state index contributed by atoms with van der Waals surface area (Å²) in [4.78, 5) is 0. The van der Waals surface area contributed by atoms with Crippen LogP contribution in [0, 0.1) is 5.92 Å². The van der Waals surface area contributed by atoms with Crippen molar-refractivity contribution in [2.24, 2.45) is 5.92 Å². The Balaban J connectivity index is 3.18. The summed E-state index contributed by atoms with van der Waals surface area (Å²) >= 11 is 0. The molecule has 0 saturated carbocycles. The molecule has 0 aliphatic rings. The molecule has 0 amide bonds. The molecule has 9 heavy (non-hydrogen) atoms. The molecule has 1 heteroatoms. The lowest BCUT2D eigenvalue weighted by atomic mass is 10.00. The van der Waals surface area contributed by atoms with Crippen molar-refractivity contribution in [1.82, 2.24) is 0 Å². The van der Waals surface area contributed by atoms with E-state index in [1.807, 2.05) is 0 Å². The van der Waals surface area contributed by atoms with E-state index in [2.05, 4.69) is 13.8 Å². The van der Waals surface area contributed by atoms with Gasteiger partial charge in [0.05, 0.1) is 6.61 Å². The predicted molar refractivity (Wildman–Crippen MR) is 38.9 cm³/mol. The van der Waals surface area contributed by atoms with Crippen LogP contribution in [0.25, 0.3) is 0 Å². The molecule has 0 aromatic heterocycles. The molecule has 55 valence electrons.